The van der Waals surface area contributed by atoms with Crippen molar-refractivity contribution in [2.45, 2.75) is 19.0 Å². The Morgan fingerprint density at radius 2 is 1.82 bits per heavy atom. The van der Waals surface area contributed by atoms with E-state index in [-0.39, 0.29) is 24.7 Å². The molecular weight excluding hydrogens is 494 g/mol. The molecule has 1 fully saturated rings. The quantitative estimate of drug-likeness (QED) is 0.257. The minimum absolute atomic E-state index is 0.0197. The second kappa shape index (κ2) is 10.4. The van der Waals surface area contributed by atoms with Crippen LogP contribution in [0.1, 0.15) is 23.6 Å². The predicted octanol–water partition coefficient (Wildman–Crippen LogP) is 3.15. The van der Waals surface area contributed by atoms with Gasteiger partial charge in [-0.3, -0.25) is 9.59 Å². The minimum Gasteiger partial charge on any atom is -0.507 e. The maximum Gasteiger partial charge on any atom is 0.295 e. The number of imidazole rings is 1. The highest BCUT2D eigenvalue weighted by Crippen LogP contribution is 2.47. The number of carbonyl (C=O) groups is 2. The van der Waals surface area contributed by atoms with Gasteiger partial charge in [0, 0.05) is 31.0 Å². The van der Waals surface area contributed by atoms with Crippen LogP contribution in [0.25, 0.3) is 5.76 Å². The van der Waals surface area contributed by atoms with Gasteiger partial charge in [-0.15, -0.1) is 0 Å². The first kappa shape index (κ1) is 25.0. The van der Waals surface area contributed by atoms with Gasteiger partial charge in [0.2, 0.25) is 12.5 Å². The largest absolute Gasteiger partial charge is 0.507 e. The van der Waals surface area contributed by atoms with E-state index in [1.165, 1.54) is 26.2 Å². The number of aryl methyl sites for hydroxylation is 1. The zero-order valence-corrected chi connectivity index (χ0v) is 21.2. The molecule has 1 amide bonds. The summed E-state index contributed by atoms with van der Waals surface area (Å²) in [6, 6.07) is 7.27. The maximum absolute atomic E-state index is 13.4. The van der Waals surface area contributed by atoms with Crippen LogP contribution in [0, 0.1) is 0 Å². The van der Waals surface area contributed by atoms with Crippen molar-refractivity contribution in [1.82, 2.24) is 14.5 Å². The van der Waals surface area contributed by atoms with Crippen molar-refractivity contribution in [1.29, 1.82) is 0 Å². The van der Waals surface area contributed by atoms with Crippen molar-refractivity contribution >= 4 is 17.4 Å². The van der Waals surface area contributed by atoms with E-state index in [0.29, 0.717) is 52.8 Å². The van der Waals surface area contributed by atoms with Gasteiger partial charge in [-0.05, 0) is 42.3 Å². The van der Waals surface area contributed by atoms with E-state index in [1.807, 2.05) is 10.8 Å². The predicted molar refractivity (Wildman–Crippen MR) is 135 cm³/mol. The monoisotopic (exact) mass is 521 g/mol. The van der Waals surface area contributed by atoms with E-state index in [4.69, 9.17) is 23.7 Å². The Hall–Kier alpha value is -4.67. The summed E-state index contributed by atoms with van der Waals surface area (Å²) in [5.41, 5.74) is 0.789. The summed E-state index contributed by atoms with van der Waals surface area (Å²) >= 11 is 0. The van der Waals surface area contributed by atoms with Crippen molar-refractivity contribution < 1.29 is 38.4 Å². The van der Waals surface area contributed by atoms with Crippen LogP contribution >= 0.6 is 0 Å². The number of aromatic nitrogens is 2. The van der Waals surface area contributed by atoms with Crippen molar-refractivity contribution in [3.8, 4) is 28.7 Å². The topological polar surface area (TPSA) is 122 Å². The number of ketones is 1. The van der Waals surface area contributed by atoms with Crippen LogP contribution < -0.4 is 23.7 Å². The fourth-order valence-corrected chi connectivity index (χ4v) is 4.75. The van der Waals surface area contributed by atoms with Gasteiger partial charge in [-0.1, -0.05) is 0 Å². The van der Waals surface area contributed by atoms with Crippen molar-refractivity contribution in [2.75, 3.05) is 34.7 Å². The second-order valence-electron chi connectivity index (χ2n) is 8.67. The summed E-state index contributed by atoms with van der Waals surface area (Å²) in [5, 5.41) is 11.4. The zero-order chi connectivity index (χ0) is 26.8. The molecule has 5 rings (SSSR count). The molecule has 1 unspecified atom stereocenters. The fraction of sp³-hybridized carbons (Fsp3) is 0.296. The molecule has 0 saturated carbocycles. The summed E-state index contributed by atoms with van der Waals surface area (Å²) < 4.78 is 29.1. The van der Waals surface area contributed by atoms with Crippen molar-refractivity contribution in [2.24, 2.45) is 0 Å². The summed E-state index contributed by atoms with van der Waals surface area (Å²) in [7, 11) is 4.46. The number of ether oxygens (including phenoxy) is 5. The number of rotatable bonds is 9. The Morgan fingerprint density at radius 3 is 2.53 bits per heavy atom. The molecule has 0 bridgehead atoms. The molecule has 0 aliphatic carbocycles. The highest BCUT2D eigenvalue weighted by atomic mass is 16.7. The van der Waals surface area contributed by atoms with Gasteiger partial charge < -0.3 is 38.3 Å². The summed E-state index contributed by atoms with van der Waals surface area (Å²) in [5.74, 6) is 0.255. The van der Waals surface area contributed by atoms with Gasteiger partial charge in [0.05, 0.1) is 39.3 Å². The molecule has 1 atom stereocenters. The van der Waals surface area contributed by atoms with Crippen LogP contribution in [0.3, 0.4) is 0 Å². The first-order valence-electron chi connectivity index (χ1n) is 11.9. The molecule has 1 aromatic heterocycles. The summed E-state index contributed by atoms with van der Waals surface area (Å²) in [4.78, 5) is 32.2. The highest BCUT2D eigenvalue weighted by Gasteiger charge is 2.46. The number of hydrogen-bond donors (Lipinski definition) is 1. The lowest BCUT2D eigenvalue weighted by Crippen LogP contribution is -2.31. The molecule has 0 spiro atoms. The molecule has 3 aromatic rings. The van der Waals surface area contributed by atoms with Gasteiger partial charge in [0.25, 0.3) is 11.7 Å². The Kier molecular flexibility index (Phi) is 6.82. The van der Waals surface area contributed by atoms with Crippen LogP contribution in [0.15, 0.2) is 54.6 Å². The molecule has 1 saturated heterocycles. The number of aliphatic hydroxyl groups is 1. The van der Waals surface area contributed by atoms with Crippen LogP contribution in [-0.4, -0.2) is 65.9 Å². The second-order valence-corrected chi connectivity index (χ2v) is 8.67. The normalized spacial score (nSPS) is 17.7. The Bertz CT molecular complexity index is 1400. The van der Waals surface area contributed by atoms with Gasteiger partial charge in [-0.25, -0.2) is 4.98 Å². The lowest BCUT2D eigenvalue weighted by molar-refractivity contribution is -0.139. The maximum atomic E-state index is 13.4. The number of carbonyl (C=O) groups excluding carboxylic acids is 2. The number of likely N-dealkylation sites (tertiary alicyclic amines) is 1. The Morgan fingerprint density at radius 1 is 1.03 bits per heavy atom. The van der Waals surface area contributed by atoms with Gasteiger partial charge in [-0.2, -0.15) is 0 Å². The number of benzene rings is 2. The van der Waals surface area contributed by atoms with E-state index in [2.05, 4.69) is 4.98 Å². The van der Waals surface area contributed by atoms with E-state index in [9.17, 15) is 14.7 Å². The van der Waals surface area contributed by atoms with Gasteiger partial charge >= 0.3 is 0 Å². The van der Waals surface area contributed by atoms with Crippen molar-refractivity contribution in [3.05, 3.63) is 65.8 Å². The molecule has 2 aromatic carbocycles. The van der Waals surface area contributed by atoms with E-state index in [0.717, 1.165) is 0 Å². The van der Waals surface area contributed by atoms with E-state index in [1.54, 1.807) is 42.9 Å². The van der Waals surface area contributed by atoms with Crippen LogP contribution in [0.2, 0.25) is 0 Å². The first-order chi connectivity index (χ1) is 18.5. The van der Waals surface area contributed by atoms with Crippen molar-refractivity contribution in [3.63, 3.8) is 0 Å². The lowest BCUT2D eigenvalue weighted by atomic mass is 9.94. The Labute approximate surface area is 218 Å². The Balaban J connectivity index is 1.61. The van der Waals surface area contributed by atoms with Crippen LogP contribution in [-0.2, 0) is 16.1 Å². The van der Waals surface area contributed by atoms with E-state index < -0.39 is 17.7 Å². The lowest BCUT2D eigenvalue weighted by Gasteiger charge is -2.26. The molecule has 11 heteroatoms. The van der Waals surface area contributed by atoms with Crippen LogP contribution in [0.5, 0.6) is 28.7 Å². The third-order valence-electron chi connectivity index (χ3n) is 6.57. The average Bonchev–Trinajstić information content (AvgIpc) is 3.69. The number of Topliss-reactive ketones (excluding diaryl/α,β-unsaturated/α-hetero) is 1. The molecule has 11 nitrogen and oxygen atoms in total. The number of fused-ring (bicyclic) bond motifs is 1. The highest BCUT2D eigenvalue weighted by molar-refractivity contribution is 6.46. The number of amides is 1. The number of methoxy groups -OCH3 is 3. The smallest absolute Gasteiger partial charge is 0.295 e. The molecule has 3 heterocycles. The molecule has 1 N–H and O–H groups in total. The molecule has 198 valence electrons. The minimum atomic E-state index is -0.894. The number of hydrogen-bond acceptors (Lipinski definition) is 9. The summed E-state index contributed by atoms with van der Waals surface area (Å²) in [6.07, 6.45) is 5.74. The zero-order valence-electron chi connectivity index (χ0n) is 21.2. The van der Waals surface area contributed by atoms with Crippen LogP contribution in [0.4, 0.5) is 0 Å². The van der Waals surface area contributed by atoms with Gasteiger partial charge in [0.1, 0.15) is 5.76 Å². The number of nitrogens with zero attached hydrogens (tertiary/aromatic N) is 3. The summed E-state index contributed by atoms with van der Waals surface area (Å²) in [6.45, 7) is 0.870. The van der Waals surface area contributed by atoms with E-state index >= 15 is 0 Å². The fourth-order valence-electron chi connectivity index (χ4n) is 4.75. The molecule has 0 radical (unpaired) electrons. The number of aliphatic hydroxyl groups excluding tert-OH is 1. The molecule has 2 aliphatic rings. The molecule has 2 aliphatic heterocycles. The molecular formula is C27H27N3O8. The first-order valence-corrected chi connectivity index (χ1v) is 11.9. The standard InChI is InChI=1S/C27H27N3O8/c1-34-18-6-5-16(11-19(18)35-2)24(31)22-23(17-12-20(36-3)26-21(13-17)37-15-38-26)30(27(33)25(22)32)9-4-8-29-10-7-28-14-29/h5-7,10-14,23,31H,4,8-9,15H2,1-3H3. The third-order valence-corrected chi connectivity index (χ3v) is 6.57. The van der Waals surface area contributed by atoms with Gasteiger partial charge in [0.15, 0.2) is 23.0 Å². The average molecular weight is 522 g/mol. The third kappa shape index (κ3) is 4.36. The SMILES string of the molecule is COc1ccc(C(O)=C2C(=O)C(=O)N(CCCn3ccnc3)C2c2cc(OC)c3c(c2)OCO3)cc1OC. The molecule has 38 heavy (non-hydrogen) atoms.